The second-order valence-corrected chi connectivity index (χ2v) is 9.95. The molecule has 10 nitrogen and oxygen atoms in total. The van der Waals surface area contributed by atoms with Crippen molar-refractivity contribution in [3.05, 3.63) is 82.2 Å². The molecule has 1 unspecified atom stereocenters. The Morgan fingerprint density at radius 2 is 1.84 bits per heavy atom. The van der Waals surface area contributed by atoms with Crippen LogP contribution in [0.15, 0.2) is 64.1 Å². The fourth-order valence-corrected chi connectivity index (χ4v) is 5.40. The molecule has 5 aromatic rings. The monoisotopic (exact) mass is 593 g/mol. The third-order valence-corrected chi connectivity index (χ3v) is 7.26. The molecule has 13 heteroatoms. The quantitative estimate of drug-likeness (QED) is 0.207. The number of carboxylic acid groups (broad SMARTS) is 1. The number of alkyl halides is 3. The SMILES string of the molecule is CC(c1oc(=O)c2ccccc2c1C1=CCCCC1)n1nc(-c2cc(O)cc(C(F)(F)F)c2)c2c(N)ncnc21.O=CO. The smallest absolute Gasteiger partial charge is 0.416 e. The number of phenols is 1. The Hall–Kier alpha value is -5.20. The largest absolute Gasteiger partial charge is 0.508 e. The van der Waals surface area contributed by atoms with Gasteiger partial charge in [-0.1, -0.05) is 24.3 Å². The van der Waals surface area contributed by atoms with Crippen LogP contribution in [0.2, 0.25) is 0 Å². The predicted molar refractivity (Wildman–Crippen MR) is 153 cm³/mol. The van der Waals surface area contributed by atoms with Crippen LogP contribution in [0.4, 0.5) is 19.0 Å². The van der Waals surface area contributed by atoms with Crippen LogP contribution >= 0.6 is 0 Å². The molecule has 0 bridgehead atoms. The molecular formula is C30H26F3N5O5. The second kappa shape index (κ2) is 11.6. The lowest BCUT2D eigenvalue weighted by Gasteiger charge is -2.21. The maximum Gasteiger partial charge on any atom is 0.416 e. The van der Waals surface area contributed by atoms with Gasteiger partial charge in [0.05, 0.1) is 16.3 Å². The van der Waals surface area contributed by atoms with Gasteiger partial charge in [-0.05, 0) is 67.8 Å². The molecule has 222 valence electrons. The van der Waals surface area contributed by atoms with Crippen LogP contribution in [0, 0.1) is 0 Å². The number of phenolic OH excluding ortho intramolecular Hbond substituents is 1. The van der Waals surface area contributed by atoms with Crippen LogP contribution in [0.25, 0.3) is 38.6 Å². The first-order chi connectivity index (χ1) is 20.5. The Morgan fingerprint density at radius 1 is 1.12 bits per heavy atom. The van der Waals surface area contributed by atoms with Crippen molar-refractivity contribution in [2.24, 2.45) is 0 Å². The van der Waals surface area contributed by atoms with Crippen molar-refractivity contribution in [2.45, 2.75) is 44.8 Å². The van der Waals surface area contributed by atoms with Crippen LogP contribution in [0.1, 0.15) is 55.5 Å². The van der Waals surface area contributed by atoms with E-state index in [2.05, 4.69) is 21.1 Å². The van der Waals surface area contributed by atoms with Gasteiger partial charge in [0.25, 0.3) is 6.47 Å². The number of halogens is 3. The topological polar surface area (TPSA) is 157 Å². The number of hydrogen-bond donors (Lipinski definition) is 3. The van der Waals surface area contributed by atoms with Crippen molar-refractivity contribution in [3.63, 3.8) is 0 Å². The molecule has 3 aromatic heterocycles. The van der Waals surface area contributed by atoms with Crippen molar-refractivity contribution in [2.75, 3.05) is 5.73 Å². The van der Waals surface area contributed by atoms with Gasteiger partial charge in [-0.3, -0.25) is 4.79 Å². The van der Waals surface area contributed by atoms with Crippen LogP contribution in [-0.2, 0) is 11.0 Å². The highest BCUT2D eigenvalue weighted by molar-refractivity contribution is 5.99. The van der Waals surface area contributed by atoms with Crippen LogP contribution in [0.3, 0.4) is 0 Å². The van der Waals surface area contributed by atoms with Gasteiger partial charge in [0.15, 0.2) is 5.65 Å². The van der Waals surface area contributed by atoms with E-state index in [0.29, 0.717) is 17.2 Å². The molecule has 0 fully saturated rings. The molecule has 1 atom stereocenters. The van der Waals surface area contributed by atoms with E-state index in [4.69, 9.17) is 20.1 Å². The van der Waals surface area contributed by atoms with Gasteiger partial charge in [0, 0.05) is 11.1 Å². The summed E-state index contributed by atoms with van der Waals surface area (Å²) in [6, 6.07) is 9.23. The van der Waals surface area contributed by atoms with Crippen molar-refractivity contribution in [1.82, 2.24) is 19.7 Å². The molecule has 2 aromatic carbocycles. The number of hydrogen-bond acceptors (Lipinski definition) is 8. The van der Waals surface area contributed by atoms with Gasteiger partial charge in [0.2, 0.25) is 0 Å². The summed E-state index contributed by atoms with van der Waals surface area (Å²) in [5, 5.41) is 23.1. The highest BCUT2D eigenvalue weighted by Gasteiger charge is 2.33. The highest BCUT2D eigenvalue weighted by Crippen LogP contribution is 2.41. The minimum Gasteiger partial charge on any atom is -0.508 e. The van der Waals surface area contributed by atoms with E-state index in [9.17, 15) is 23.1 Å². The third kappa shape index (κ3) is 5.53. The predicted octanol–water partition coefficient (Wildman–Crippen LogP) is 6.17. The third-order valence-electron chi connectivity index (χ3n) is 7.26. The number of rotatable bonds is 4. The molecule has 3 heterocycles. The Bertz CT molecular complexity index is 1930. The zero-order chi connectivity index (χ0) is 30.9. The number of nitrogens with two attached hydrogens (primary N) is 1. The first-order valence-electron chi connectivity index (χ1n) is 13.3. The van der Waals surface area contributed by atoms with E-state index in [-0.39, 0.29) is 34.6 Å². The zero-order valence-electron chi connectivity index (χ0n) is 22.8. The van der Waals surface area contributed by atoms with Crippen molar-refractivity contribution in [3.8, 4) is 17.0 Å². The molecular weight excluding hydrogens is 567 g/mol. The maximum absolute atomic E-state index is 13.6. The fourth-order valence-electron chi connectivity index (χ4n) is 5.40. The summed E-state index contributed by atoms with van der Waals surface area (Å²) in [4.78, 5) is 29.8. The number of nitrogens with zero attached hydrogens (tertiary/aromatic N) is 4. The minimum atomic E-state index is -4.70. The second-order valence-electron chi connectivity index (χ2n) is 9.95. The molecule has 1 aliphatic rings. The standard InChI is InChI=1S/C29H24F3N5O3.CH2O2/c1-15(25-22(16-7-3-2-4-8-16)20-9-5-6-10-21(20)28(39)40-25)37-27-23(26(33)34-14-35-27)24(36-37)17-11-18(29(30,31)32)13-19(38)12-17;2-1-3/h5-7,9-15,38H,2-4,8H2,1H3,(H2,33,34,35);1H,(H,2,3). The van der Waals surface area contributed by atoms with Crippen LogP contribution < -0.4 is 11.4 Å². The number of aromatic hydroxyl groups is 1. The molecule has 1 aliphatic carbocycles. The molecule has 0 radical (unpaired) electrons. The number of benzene rings is 2. The van der Waals surface area contributed by atoms with E-state index >= 15 is 0 Å². The first kappa shape index (κ1) is 29.3. The van der Waals surface area contributed by atoms with Gasteiger partial charge in [-0.15, -0.1) is 0 Å². The lowest BCUT2D eigenvalue weighted by atomic mass is 9.89. The summed E-state index contributed by atoms with van der Waals surface area (Å²) in [7, 11) is 0. The highest BCUT2D eigenvalue weighted by atomic mass is 19.4. The number of anilines is 1. The van der Waals surface area contributed by atoms with E-state index in [1.807, 2.05) is 12.1 Å². The molecule has 0 aliphatic heterocycles. The Morgan fingerprint density at radius 3 is 2.51 bits per heavy atom. The normalized spacial score (nSPS) is 14.2. The molecule has 0 amide bonds. The molecule has 4 N–H and O–H groups in total. The number of fused-ring (bicyclic) bond motifs is 2. The van der Waals surface area contributed by atoms with E-state index in [1.165, 1.54) is 17.1 Å². The lowest BCUT2D eigenvalue weighted by Crippen LogP contribution is -2.16. The summed E-state index contributed by atoms with van der Waals surface area (Å²) in [6.07, 6.45) is 2.45. The molecule has 6 rings (SSSR count). The molecule has 0 spiro atoms. The van der Waals surface area contributed by atoms with Gasteiger partial charge in [-0.2, -0.15) is 18.3 Å². The summed E-state index contributed by atoms with van der Waals surface area (Å²) < 4.78 is 48.1. The van der Waals surface area contributed by atoms with E-state index in [0.717, 1.165) is 48.3 Å². The van der Waals surface area contributed by atoms with Crippen molar-refractivity contribution in [1.29, 1.82) is 0 Å². The fraction of sp³-hybridized carbons (Fsp3) is 0.233. The zero-order valence-corrected chi connectivity index (χ0v) is 22.8. The van der Waals surface area contributed by atoms with E-state index < -0.39 is 29.2 Å². The maximum atomic E-state index is 13.6. The number of nitrogen functional groups attached to an aromatic ring is 1. The van der Waals surface area contributed by atoms with Crippen molar-refractivity contribution < 1.29 is 32.6 Å². The van der Waals surface area contributed by atoms with Crippen molar-refractivity contribution >= 4 is 39.7 Å². The molecule has 43 heavy (non-hydrogen) atoms. The summed E-state index contributed by atoms with van der Waals surface area (Å²) in [5.41, 5.74) is 6.77. The van der Waals surface area contributed by atoms with E-state index in [1.54, 1.807) is 19.1 Å². The Kier molecular flexibility index (Phi) is 7.89. The lowest BCUT2D eigenvalue weighted by molar-refractivity contribution is -0.137. The summed E-state index contributed by atoms with van der Waals surface area (Å²) >= 11 is 0. The van der Waals surface area contributed by atoms with Gasteiger partial charge in [-0.25, -0.2) is 19.4 Å². The first-order valence-corrected chi connectivity index (χ1v) is 13.3. The Labute approximate surface area is 241 Å². The summed E-state index contributed by atoms with van der Waals surface area (Å²) in [6.45, 7) is 1.53. The number of aromatic nitrogens is 4. The van der Waals surface area contributed by atoms with Gasteiger partial charge in [0.1, 0.15) is 35.4 Å². The van der Waals surface area contributed by atoms with Crippen LogP contribution in [-0.4, -0.2) is 36.4 Å². The average Bonchev–Trinajstić information content (AvgIpc) is 3.38. The number of allylic oxidation sites excluding steroid dienone is 2. The minimum absolute atomic E-state index is 0.00512. The molecule has 0 saturated carbocycles. The average molecular weight is 594 g/mol. The Balaban J connectivity index is 0.00000118. The van der Waals surface area contributed by atoms with Gasteiger partial charge >= 0.3 is 11.8 Å². The summed E-state index contributed by atoms with van der Waals surface area (Å²) in [5.74, 6) is -0.217. The molecule has 0 saturated heterocycles. The van der Waals surface area contributed by atoms with Crippen LogP contribution in [0.5, 0.6) is 5.75 Å². The van der Waals surface area contributed by atoms with Gasteiger partial charge < -0.3 is 20.4 Å². The number of carbonyl (C=O) groups is 1.